The highest BCUT2D eigenvalue weighted by Crippen LogP contribution is 2.34. The molecular weight excluding hydrogens is 396 g/mol. The second-order valence-corrected chi connectivity index (χ2v) is 9.05. The Morgan fingerprint density at radius 1 is 1.21 bits per heavy atom. The molecular formula is C19H18N4O3S2. The monoisotopic (exact) mass is 414 g/mol. The first-order valence-corrected chi connectivity index (χ1v) is 10.9. The van der Waals surface area contributed by atoms with Crippen LogP contribution in [0.3, 0.4) is 0 Å². The molecule has 7 nitrogen and oxygen atoms in total. The van der Waals surface area contributed by atoms with Crippen molar-refractivity contribution in [3.8, 4) is 0 Å². The molecule has 0 radical (unpaired) electrons. The summed E-state index contributed by atoms with van der Waals surface area (Å²) >= 11 is 3.06. The lowest BCUT2D eigenvalue weighted by atomic mass is 9.97. The fourth-order valence-corrected chi connectivity index (χ4v) is 5.85. The molecule has 0 spiro atoms. The molecule has 1 aliphatic carbocycles. The first kappa shape index (κ1) is 17.7. The van der Waals surface area contributed by atoms with Gasteiger partial charge in [0.05, 0.1) is 11.1 Å². The van der Waals surface area contributed by atoms with E-state index in [4.69, 9.17) is 9.51 Å². The third-order valence-corrected chi connectivity index (χ3v) is 7.28. The summed E-state index contributed by atoms with van der Waals surface area (Å²) in [6.45, 7) is 1.78. The second kappa shape index (κ2) is 6.59. The highest BCUT2D eigenvalue weighted by molar-refractivity contribution is 7.98. The van der Waals surface area contributed by atoms with Gasteiger partial charge in [-0.3, -0.25) is 14.2 Å². The van der Waals surface area contributed by atoms with Crippen LogP contribution in [0, 0.1) is 6.92 Å². The SMILES string of the molecule is Cc1cc2nc(CSc3nc4sc5c(c4c(=O)n3C)CCCC5)cc(=O)n2o1. The predicted octanol–water partition coefficient (Wildman–Crippen LogP) is 3.08. The van der Waals surface area contributed by atoms with Crippen molar-refractivity contribution in [2.45, 2.75) is 43.5 Å². The zero-order valence-corrected chi connectivity index (χ0v) is 17.2. The molecule has 0 amide bonds. The van der Waals surface area contributed by atoms with Crippen LogP contribution in [0.4, 0.5) is 0 Å². The van der Waals surface area contributed by atoms with Gasteiger partial charge in [-0.15, -0.1) is 15.9 Å². The van der Waals surface area contributed by atoms with E-state index in [2.05, 4.69) is 4.98 Å². The molecule has 4 heterocycles. The van der Waals surface area contributed by atoms with Gasteiger partial charge >= 0.3 is 0 Å². The molecule has 9 heteroatoms. The summed E-state index contributed by atoms with van der Waals surface area (Å²) in [7, 11) is 1.76. The zero-order valence-electron chi connectivity index (χ0n) is 15.5. The van der Waals surface area contributed by atoms with Gasteiger partial charge < -0.3 is 4.52 Å². The van der Waals surface area contributed by atoms with Crippen molar-refractivity contribution in [1.29, 1.82) is 0 Å². The minimum Gasteiger partial charge on any atom is -0.375 e. The van der Waals surface area contributed by atoms with Crippen molar-refractivity contribution in [3.05, 3.63) is 54.7 Å². The molecule has 0 fully saturated rings. The van der Waals surface area contributed by atoms with Gasteiger partial charge in [-0.1, -0.05) is 11.8 Å². The number of fused-ring (bicyclic) bond motifs is 4. The normalized spacial score (nSPS) is 14.1. The molecule has 4 aromatic rings. The summed E-state index contributed by atoms with van der Waals surface area (Å²) < 4.78 is 8.11. The third kappa shape index (κ3) is 2.80. The van der Waals surface area contributed by atoms with Crippen molar-refractivity contribution in [3.63, 3.8) is 0 Å². The predicted molar refractivity (Wildman–Crippen MR) is 110 cm³/mol. The molecule has 0 aromatic carbocycles. The minimum atomic E-state index is -0.253. The molecule has 0 bridgehead atoms. The van der Waals surface area contributed by atoms with Gasteiger partial charge in [-0.2, -0.15) is 0 Å². The van der Waals surface area contributed by atoms with Gasteiger partial charge in [-0.05, 0) is 38.2 Å². The van der Waals surface area contributed by atoms with Crippen molar-refractivity contribution in [2.75, 3.05) is 0 Å². The molecule has 0 saturated heterocycles. The lowest BCUT2D eigenvalue weighted by Gasteiger charge is -2.10. The van der Waals surface area contributed by atoms with Crippen LogP contribution in [-0.2, 0) is 25.6 Å². The van der Waals surface area contributed by atoms with Gasteiger partial charge in [0.1, 0.15) is 10.6 Å². The first-order valence-electron chi connectivity index (χ1n) is 9.15. The molecule has 0 unspecified atom stereocenters. The number of aryl methyl sites for hydroxylation is 3. The number of rotatable bonds is 3. The van der Waals surface area contributed by atoms with Crippen LogP contribution in [0.15, 0.2) is 31.4 Å². The van der Waals surface area contributed by atoms with Crippen LogP contribution < -0.4 is 11.1 Å². The van der Waals surface area contributed by atoms with Crippen LogP contribution in [0.25, 0.3) is 15.9 Å². The maximum atomic E-state index is 13.0. The van der Waals surface area contributed by atoms with Crippen molar-refractivity contribution < 1.29 is 4.52 Å². The van der Waals surface area contributed by atoms with Crippen LogP contribution in [0.2, 0.25) is 0 Å². The quantitative estimate of drug-likeness (QED) is 0.378. The van der Waals surface area contributed by atoms with E-state index in [0.29, 0.717) is 28.0 Å². The summed E-state index contributed by atoms with van der Waals surface area (Å²) in [5.41, 5.74) is 2.09. The molecule has 144 valence electrons. The summed E-state index contributed by atoms with van der Waals surface area (Å²) in [4.78, 5) is 36.5. The van der Waals surface area contributed by atoms with E-state index in [1.54, 1.807) is 35.9 Å². The maximum Gasteiger partial charge on any atom is 0.287 e. The highest BCUT2D eigenvalue weighted by Gasteiger charge is 2.21. The Morgan fingerprint density at radius 3 is 2.89 bits per heavy atom. The number of hydrogen-bond acceptors (Lipinski definition) is 7. The van der Waals surface area contributed by atoms with Crippen LogP contribution in [0.1, 0.15) is 34.7 Å². The number of nitrogens with zero attached hydrogens (tertiary/aromatic N) is 4. The Kier molecular flexibility index (Phi) is 4.17. The standard InChI is InChI=1S/C19H18N4O3S2/c1-10-7-14-20-11(8-15(24)23(14)26-10)9-27-19-21-17-16(18(25)22(19)2)12-5-3-4-6-13(12)28-17/h7-8H,3-6,9H2,1-2H3. The lowest BCUT2D eigenvalue weighted by Crippen LogP contribution is -2.20. The summed E-state index contributed by atoms with van der Waals surface area (Å²) in [5, 5.41) is 1.43. The average molecular weight is 415 g/mol. The first-order chi connectivity index (χ1) is 13.5. The van der Waals surface area contributed by atoms with Crippen molar-refractivity contribution in [1.82, 2.24) is 19.1 Å². The number of hydrogen-bond donors (Lipinski definition) is 0. The summed E-state index contributed by atoms with van der Waals surface area (Å²) in [6.07, 6.45) is 4.32. The molecule has 1 aliphatic rings. The Morgan fingerprint density at radius 2 is 2.04 bits per heavy atom. The van der Waals surface area contributed by atoms with E-state index in [9.17, 15) is 9.59 Å². The van der Waals surface area contributed by atoms with Crippen molar-refractivity contribution in [2.24, 2.45) is 7.05 Å². The fourth-order valence-electron chi connectivity index (χ4n) is 3.68. The van der Waals surface area contributed by atoms with Gasteiger partial charge in [0.15, 0.2) is 10.8 Å². The van der Waals surface area contributed by atoms with Gasteiger partial charge in [0.2, 0.25) is 0 Å². The van der Waals surface area contributed by atoms with E-state index in [1.165, 1.54) is 39.3 Å². The third-order valence-electron chi connectivity index (χ3n) is 5.03. The van der Waals surface area contributed by atoms with Crippen LogP contribution in [0.5, 0.6) is 0 Å². The van der Waals surface area contributed by atoms with Gasteiger partial charge in [0, 0.05) is 29.8 Å². The van der Waals surface area contributed by atoms with Crippen molar-refractivity contribution >= 4 is 39.0 Å². The Hall–Kier alpha value is -2.39. The second-order valence-electron chi connectivity index (χ2n) is 7.02. The molecule has 28 heavy (non-hydrogen) atoms. The van der Waals surface area contributed by atoms with Gasteiger partial charge in [0.25, 0.3) is 11.1 Å². The molecule has 5 rings (SSSR count). The van der Waals surface area contributed by atoms with Crippen LogP contribution >= 0.6 is 23.1 Å². The zero-order chi connectivity index (χ0) is 19.4. The summed E-state index contributed by atoms with van der Waals surface area (Å²) in [6, 6.07) is 3.19. The molecule has 4 aromatic heterocycles. The number of aromatic nitrogens is 4. The van der Waals surface area contributed by atoms with E-state index in [1.807, 2.05) is 0 Å². The molecule has 0 N–H and O–H groups in total. The minimum absolute atomic E-state index is 0.0147. The Bertz CT molecular complexity index is 1350. The topological polar surface area (TPSA) is 82.4 Å². The van der Waals surface area contributed by atoms with E-state index < -0.39 is 0 Å². The van der Waals surface area contributed by atoms with E-state index in [0.717, 1.165) is 29.5 Å². The fraction of sp³-hybridized carbons (Fsp3) is 0.368. The average Bonchev–Trinajstić information content (AvgIpc) is 3.23. The van der Waals surface area contributed by atoms with E-state index in [-0.39, 0.29) is 11.1 Å². The molecule has 0 atom stereocenters. The maximum absolute atomic E-state index is 13.0. The Labute approximate surface area is 168 Å². The number of thioether (sulfide) groups is 1. The molecule has 0 aliphatic heterocycles. The van der Waals surface area contributed by atoms with E-state index >= 15 is 0 Å². The molecule has 0 saturated carbocycles. The Balaban J connectivity index is 1.51. The highest BCUT2D eigenvalue weighted by atomic mass is 32.2. The smallest absolute Gasteiger partial charge is 0.287 e. The largest absolute Gasteiger partial charge is 0.375 e. The lowest BCUT2D eigenvalue weighted by molar-refractivity contribution is 0.344. The van der Waals surface area contributed by atoms with Gasteiger partial charge in [-0.25, -0.2) is 9.97 Å². The number of thiophene rings is 1. The summed E-state index contributed by atoms with van der Waals surface area (Å²) in [5.74, 6) is 1.08. The van der Waals surface area contributed by atoms with Crippen LogP contribution in [-0.4, -0.2) is 19.1 Å².